The van der Waals surface area contributed by atoms with Crippen LogP contribution < -0.4 is 15.2 Å². The van der Waals surface area contributed by atoms with Crippen LogP contribution in [0.25, 0.3) is 0 Å². The van der Waals surface area contributed by atoms with E-state index in [1.807, 2.05) is 0 Å². The summed E-state index contributed by atoms with van der Waals surface area (Å²) in [6.45, 7) is 0.460. The lowest BCUT2D eigenvalue weighted by atomic mass is 10.1. The highest BCUT2D eigenvalue weighted by Gasteiger charge is 2.17. The van der Waals surface area contributed by atoms with Crippen LogP contribution >= 0.6 is 15.9 Å². The van der Waals surface area contributed by atoms with Crippen molar-refractivity contribution < 1.29 is 14.6 Å². The molecule has 15 heavy (non-hydrogen) atoms. The van der Waals surface area contributed by atoms with E-state index >= 15 is 0 Å². The van der Waals surface area contributed by atoms with Gasteiger partial charge in [0.15, 0.2) is 11.5 Å². The first-order chi connectivity index (χ1) is 7.15. The van der Waals surface area contributed by atoms with E-state index in [0.717, 1.165) is 10.0 Å². The van der Waals surface area contributed by atoms with E-state index in [1.165, 1.54) is 14.2 Å². The Morgan fingerprint density at radius 2 is 2.07 bits per heavy atom. The number of methoxy groups -OCH3 is 2. The molecule has 1 rings (SSSR count). The van der Waals surface area contributed by atoms with E-state index < -0.39 is 0 Å². The van der Waals surface area contributed by atoms with Gasteiger partial charge in [-0.15, -0.1) is 0 Å². The normalized spacial score (nSPS) is 10.1. The van der Waals surface area contributed by atoms with Crippen LogP contribution in [0.3, 0.4) is 0 Å². The molecule has 1 aromatic rings. The molecule has 0 aliphatic heterocycles. The number of benzene rings is 1. The summed E-state index contributed by atoms with van der Waals surface area (Å²) in [5.41, 5.74) is 6.19. The van der Waals surface area contributed by atoms with Crippen LogP contribution in [0.5, 0.6) is 17.2 Å². The molecule has 0 amide bonds. The van der Waals surface area contributed by atoms with E-state index in [0.29, 0.717) is 24.5 Å². The maximum absolute atomic E-state index is 9.92. The molecule has 0 heterocycles. The molecule has 5 heteroatoms. The van der Waals surface area contributed by atoms with E-state index in [-0.39, 0.29) is 5.75 Å². The fourth-order valence-electron chi connectivity index (χ4n) is 1.37. The quantitative estimate of drug-likeness (QED) is 0.878. The summed E-state index contributed by atoms with van der Waals surface area (Å²) in [5, 5.41) is 9.92. The number of ether oxygens (including phenoxy) is 2. The van der Waals surface area contributed by atoms with Gasteiger partial charge in [0.05, 0.1) is 14.2 Å². The maximum atomic E-state index is 9.92. The molecule has 3 N–H and O–H groups in total. The molecule has 0 aromatic heterocycles. The molecule has 1 aromatic carbocycles. The van der Waals surface area contributed by atoms with Crippen molar-refractivity contribution in [2.75, 3.05) is 20.8 Å². The Balaban J connectivity index is 3.31. The van der Waals surface area contributed by atoms with Gasteiger partial charge in [-0.2, -0.15) is 0 Å². The number of phenolic OH excluding ortho intramolecular Hbond substituents is 1. The zero-order valence-corrected chi connectivity index (χ0v) is 10.3. The van der Waals surface area contributed by atoms with E-state index in [2.05, 4.69) is 15.9 Å². The molecular formula is C10H14BrNO3. The average molecular weight is 276 g/mol. The Bertz CT molecular complexity index is 355. The Morgan fingerprint density at radius 3 is 2.53 bits per heavy atom. The minimum atomic E-state index is 0.0779. The van der Waals surface area contributed by atoms with Crippen LogP contribution in [0, 0.1) is 0 Å². The summed E-state index contributed by atoms with van der Waals surface area (Å²) in [6.07, 6.45) is 0.576. The van der Waals surface area contributed by atoms with Crippen molar-refractivity contribution in [3.63, 3.8) is 0 Å². The number of halogens is 1. The summed E-state index contributed by atoms with van der Waals surface area (Å²) >= 11 is 3.35. The second-order valence-electron chi connectivity index (χ2n) is 2.96. The minimum Gasteiger partial charge on any atom is -0.504 e. The number of aromatic hydroxyl groups is 1. The molecule has 0 spiro atoms. The third-order valence-electron chi connectivity index (χ3n) is 2.09. The zero-order chi connectivity index (χ0) is 11.4. The van der Waals surface area contributed by atoms with Gasteiger partial charge in [0.2, 0.25) is 5.75 Å². The van der Waals surface area contributed by atoms with Gasteiger partial charge in [-0.05, 0) is 19.0 Å². The zero-order valence-electron chi connectivity index (χ0n) is 8.71. The lowest BCUT2D eigenvalue weighted by molar-refractivity contribution is 0.331. The van der Waals surface area contributed by atoms with Gasteiger partial charge in [-0.1, -0.05) is 15.9 Å². The monoisotopic (exact) mass is 275 g/mol. The molecule has 4 nitrogen and oxygen atoms in total. The first-order valence-corrected chi connectivity index (χ1v) is 5.27. The Hall–Kier alpha value is -0.940. The summed E-state index contributed by atoms with van der Waals surface area (Å²) in [6, 6.07) is 1.75. The van der Waals surface area contributed by atoms with Crippen molar-refractivity contribution in [1.82, 2.24) is 0 Å². The van der Waals surface area contributed by atoms with Crippen molar-refractivity contribution in [3.8, 4) is 17.2 Å². The molecule has 0 bridgehead atoms. The summed E-state index contributed by atoms with van der Waals surface area (Å²) in [4.78, 5) is 0. The van der Waals surface area contributed by atoms with Crippen LogP contribution in [0.2, 0.25) is 0 Å². The van der Waals surface area contributed by atoms with E-state index in [1.54, 1.807) is 6.07 Å². The van der Waals surface area contributed by atoms with Gasteiger partial charge in [0.1, 0.15) is 0 Å². The van der Waals surface area contributed by atoms with Crippen molar-refractivity contribution in [2.45, 2.75) is 6.42 Å². The second kappa shape index (κ2) is 5.23. The molecule has 0 aliphatic carbocycles. The molecule has 0 saturated carbocycles. The van der Waals surface area contributed by atoms with Gasteiger partial charge < -0.3 is 20.3 Å². The lowest BCUT2D eigenvalue weighted by Crippen LogP contribution is -2.04. The Kier molecular flexibility index (Phi) is 4.23. The number of hydrogen-bond donors (Lipinski definition) is 2. The molecule has 0 saturated heterocycles. The highest BCUT2D eigenvalue weighted by Crippen LogP contribution is 2.43. The molecule has 0 unspecified atom stereocenters. The maximum Gasteiger partial charge on any atom is 0.203 e. The van der Waals surface area contributed by atoms with Gasteiger partial charge in [-0.3, -0.25) is 0 Å². The van der Waals surface area contributed by atoms with Crippen molar-refractivity contribution in [2.24, 2.45) is 5.73 Å². The highest BCUT2D eigenvalue weighted by atomic mass is 79.9. The number of nitrogens with two attached hydrogens (primary N) is 1. The predicted molar refractivity (Wildman–Crippen MR) is 61.7 cm³/mol. The van der Waals surface area contributed by atoms with Crippen molar-refractivity contribution in [3.05, 3.63) is 16.1 Å². The van der Waals surface area contributed by atoms with Crippen LogP contribution in [0.1, 0.15) is 5.56 Å². The van der Waals surface area contributed by atoms with Crippen LogP contribution in [0.4, 0.5) is 0 Å². The van der Waals surface area contributed by atoms with Gasteiger partial charge in [0, 0.05) is 10.0 Å². The fourth-order valence-corrected chi connectivity index (χ4v) is 1.96. The second-order valence-corrected chi connectivity index (χ2v) is 3.81. The number of hydrogen-bond acceptors (Lipinski definition) is 4. The third-order valence-corrected chi connectivity index (χ3v) is 2.80. The van der Waals surface area contributed by atoms with Gasteiger partial charge in [-0.25, -0.2) is 0 Å². The van der Waals surface area contributed by atoms with Crippen LogP contribution in [0.15, 0.2) is 10.5 Å². The SMILES string of the molecule is COc1cc(Br)c(CCN)c(O)c1OC. The van der Waals surface area contributed by atoms with E-state index in [9.17, 15) is 5.11 Å². The fraction of sp³-hybridized carbons (Fsp3) is 0.400. The number of phenols is 1. The van der Waals surface area contributed by atoms with Crippen LogP contribution in [-0.4, -0.2) is 25.9 Å². The lowest BCUT2D eigenvalue weighted by Gasteiger charge is -2.14. The van der Waals surface area contributed by atoms with Gasteiger partial charge >= 0.3 is 0 Å². The van der Waals surface area contributed by atoms with Crippen molar-refractivity contribution >= 4 is 15.9 Å². The van der Waals surface area contributed by atoms with Gasteiger partial charge in [0.25, 0.3) is 0 Å². The standard InChI is InChI=1S/C10H14BrNO3/c1-14-8-5-7(11)6(3-4-12)9(13)10(8)15-2/h5,13H,3-4,12H2,1-2H3. The van der Waals surface area contributed by atoms with Crippen LogP contribution in [-0.2, 0) is 6.42 Å². The molecule has 0 atom stereocenters. The summed E-state index contributed by atoms with van der Waals surface area (Å²) in [5.74, 6) is 0.904. The van der Waals surface area contributed by atoms with Crippen molar-refractivity contribution in [1.29, 1.82) is 0 Å². The highest BCUT2D eigenvalue weighted by molar-refractivity contribution is 9.10. The number of rotatable bonds is 4. The molecule has 84 valence electrons. The molecule has 0 radical (unpaired) electrons. The smallest absolute Gasteiger partial charge is 0.203 e. The third kappa shape index (κ3) is 2.35. The topological polar surface area (TPSA) is 64.7 Å². The minimum absolute atomic E-state index is 0.0779. The Morgan fingerprint density at radius 1 is 1.40 bits per heavy atom. The molecule has 0 fully saturated rings. The first kappa shape index (κ1) is 12.1. The average Bonchev–Trinajstić information content (AvgIpc) is 2.23. The summed E-state index contributed by atoms with van der Waals surface area (Å²) < 4.78 is 10.9. The Labute approximate surface area is 97.1 Å². The predicted octanol–water partition coefficient (Wildman–Crippen LogP) is 1.67. The summed E-state index contributed by atoms with van der Waals surface area (Å²) in [7, 11) is 3.00. The molecular weight excluding hydrogens is 262 g/mol. The first-order valence-electron chi connectivity index (χ1n) is 4.48. The molecule has 0 aliphatic rings. The largest absolute Gasteiger partial charge is 0.504 e. The van der Waals surface area contributed by atoms with E-state index in [4.69, 9.17) is 15.2 Å².